The third-order valence-electron chi connectivity index (χ3n) is 8.69. The molecule has 0 aliphatic carbocycles. The van der Waals surface area contributed by atoms with Gasteiger partial charge in [0.25, 0.3) is 5.91 Å². The Balaban J connectivity index is 1.24. The van der Waals surface area contributed by atoms with Crippen LogP contribution in [0.15, 0.2) is 54.7 Å². The Morgan fingerprint density at radius 1 is 0.932 bits per heavy atom. The number of amides is 2. The summed E-state index contributed by atoms with van der Waals surface area (Å²) in [6, 6.07) is 16.5. The minimum Gasteiger partial charge on any atom is -0.497 e. The first-order chi connectivity index (χ1) is 21.1. The van der Waals surface area contributed by atoms with Gasteiger partial charge in [-0.3, -0.25) is 9.69 Å². The summed E-state index contributed by atoms with van der Waals surface area (Å²) in [5.74, 6) is 1.20. The molecule has 2 amide bonds. The number of likely N-dealkylation sites (tertiary alicyclic amines) is 2. The number of carbonyl (C=O) groups is 2. The zero-order valence-corrected chi connectivity index (χ0v) is 26.8. The van der Waals surface area contributed by atoms with Gasteiger partial charge in [-0.15, -0.1) is 0 Å². The Bertz CT molecular complexity index is 1390. The largest absolute Gasteiger partial charge is 0.497 e. The van der Waals surface area contributed by atoms with Crippen molar-refractivity contribution in [3.8, 4) is 11.4 Å². The molecule has 2 aliphatic heterocycles. The summed E-state index contributed by atoms with van der Waals surface area (Å²) in [5, 5.41) is 7.93. The van der Waals surface area contributed by atoms with Gasteiger partial charge in [0.1, 0.15) is 11.4 Å². The molecule has 9 nitrogen and oxygen atoms in total. The van der Waals surface area contributed by atoms with Crippen molar-refractivity contribution in [2.24, 2.45) is 5.92 Å². The summed E-state index contributed by atoms with van der Waals surface area (Å²) in [5.41, 5.74) is 4.46. The first kappa shape index (κ1) is 31.6. The fourth-order valence-corrected chi connectivity index (χ4v) is 6.15. The molecule has 2 saturated heterocycles. The van der Waals surface area contributed by atoms with E-state index < -0.39 is 5.60 Å². The second kappa shape index (κ2) is 13.8. The number of nitrogens with one attached hydrogen (secondary N) is 1. The van der Waals surface area contributed by atoms with E-state index in [1.54, 1.807) is 18.2 Å². The first-order valence-electron chi connectivity index (χ1n) is 15.9. The highest BCUT2D eigenvalue weighted by molar-refractivity contribution is 5.95. The summed E-state index contributed by atoms with van der Waals surface area (Å²) >= 11 is 0. The van der Waals surface area contributed by atoms with Crippen molar-refractivity contribution in [2.45, 2.75) is 71.4 Å². The van der Waals surface area contributed by atoms with Crippen LogP contribution in [-0.4, -0.2) is 77.0 Å². The van der Waals surface area contributed by atoms with Crippen LogP contribution in [0.1, 0.15) is 79.6 Å². The number of piperidine rings is 2. The predicted octanol–water partition coefficient (Wildman–Crippen LogP) is 5.95. The lowest BCUT2D eigenvalue weighted by Gasteiger charge is -2.34. The van der Waals surface area contributed by atoms with Crippen molar-refractivity contribution in [1.82, 2.24) is 24.9 Å². The molecule has 3 aromatic rings. The van der Waals surface area contributed by atoms with Gasteiger partial charge >= 0.3 is 6.09 Å². The molecule has 2 fully saturated rings. The molecule has 5 rings (SSSR count). The Morgan fingerprint density at radius 3 is 2.20 bits per heavy atom. The number of aryl methyl sites for hydroxylation is 1. The molecule has 0 atom stereocenters. The second-order valence-electron chi connectivity index (χ2n) is 13.2. The minimum absolute atomic E-state index is 0.0732. The van der Waals surface area contributed by atoms with E-state index in [0.717, 1.165) is 62.4 Å². The maximum absolute atomic E-state index is 13.7. The van der Waals surface area contributed by atoms with Crippen LogP contribution in [0.25, 0.3) is 5.69 Å². The van der Waals surface area contributed by atoms with Crippen molar-refractivity contribution in [3.05, 3.63) is 77.1 Å². The van der Waals surface area contributed by atoms with Gasteiger partial charge in [0, 0.05) is 32.1 Å². The molecular weight excluding hydrogens is 554 g/mol. The molecule has 1 N–H and O–H groups in total. The standard InChI is InChI=1S/C35H47N5O4/c1-25-6-8-27(9-7-25)24-38-18-14-26(15-19-38)22-36-33(41)31-23-37-40(29-10-12-30(43-5)13-11-29)32(31)28-16-20-39(21-17-28)34(42)44-35(2,3)4/h6-13,23,26,28H,14-22,24H2,1-5H3,(H,36,41). The third kappa shape index (κ3) is 8.00. The maximum Gasteiger partial charge on any atom is 0.410 e. The molecule has 0 radical (unpaired) electrons. The number of ether oxygens (including phenoxy) is 2. The quantitative estimate of drug-likeness (QED) is 0.344. The minimum atomic E-state index is -0.538. The fraction of sp³-hybridized carbons (Fsp3) is 0.514. The molecule has 2 aromatic carbocycles. The number of benzene rings is 2. The second-order valence-corrected chi connectivity index (χ2v) is 13.2. The molecule has 9 heteroatoms. The topological polar surface area (TPSA) is 88.9 Å². The molecule has 0 unspecified atom stereocenters. The third-order valence-corrected chi connectivity index (χ3v) is 8.69. The lowest BCUT2D eigenvalue weighted by molar-refractivity contribution is 0.0203. The molecule has 0 spiro atoms. The van der Waals surface area contributed by atoms with E-state index in [0.29, 0.717) is 31.1 Å². The van der Waals surface area contributed by atoms with Gasteiger partial charge in [-0.25, -0.2) is 9.48 Å². The van der Waals surface area contributed by atoms with Gasteiger partial charge in [-0.05, 0) is 102 Å². The van der Waals surface area contributed by atoms with Crippen LogP contribution in [-0.2, 0) is 11.3 Å². The van der Waals surface area contributed by atoms with Gasteiger partial charge in [0.15, 0.2) is 0 Å². The van der Waals surface area contributed by atoms with E-state index in [-0.39, 0.29) is 17.9 Å². The van der Waals surface area contributed by atoms with Gasteiger partial charge < -0.3 is 19.7 Å². The smallest absolute Gasteiger partial charge is 0.410 e. The number of rotatable bonds is 8. The maximum atomic E-state index is 13.7. The van der Waals surface area contributed by atoms with Gasteiger partial charge in [-0.2, -0.15) is 5.10 Å². The summed E-state index contributed by atoms with van der Waals surface area (Å²) in [7, 11) is 1.64. The number of methoxy groups -OCH3 is 1. The number of aromatic nitrogens is 2. The summed E-state index contributed by atoms with van der Waals surface area (Å²) < 4.78 is 12.8. The fourth-order valence-electron chi connectivity index (χ4n) is 6.15. The zero-order valence-electron chi connectivity index (χ0n) is 26.8. The monoisotopic (exact) mass is 601 g/mol. The summed E-state index contributed by atoms with van der Waals surface area (Å²) in [4.78, 5) is 30.6. The highest BCUT2D eigenvalue weighted by Gasteiger charge is 2.32. The van der Waals surface area contributed by atoms with Gasteiger partial charge in [0.05, 0.1) is 30.3 Å². The van der Waals surface area contributed by atoms with E-state index in [9.17, 15) is 9.59 Å². The molecule has 44 heavy (non-hydrogen) atoms. The van der Waals surface area contributed by atoms with Crippen molar-refractivity contribution in [3.63, 3.8) is 0 Å². The van der Waals surface area contributed by atoms with Crippen LogP contribution in [0.3, 0.4) is 0 Å². The number of hydrogen-bond acceptors (Lipinski definition) is 6. The van der Waals surface area contributed by atoms with Crippen molar-refractivity contribution in [1.29, 1.82) is 0 Å². The normalized spacial score (nSPS) is 17.0. The Hall–Kier alpha value is -3.85. The van der Waals surface area contributed by atoms with Crippen LogP contribution in [0.5, 0.6) is 5.75 Å². The Morgan fingerprint density at radius 2 is 1.59 bits per heavy atom. The van der Waals surface area contributed by atoms with E-state index >= 15 is 0 Å². The van der Waals surface area contributed by atoms with E-state index in [2.05, 4.69) is 41.4 Å². The molecule has 0 bridgehead atoms. The lowest BCUT2D eigenvalue weighted by atomic mass is 9.90. The van der Waals surface area contributed by atoms with Crippen LogP contribution >= 0.6 is 0 Å². The molecule has 1 aromatic heterocycles. The molecule has 236 valence electrons. The van der Waals surface area contributed by atoms with Gasteiger partial charge in [-0.1, -0.05) is 29.8 Å². The van der Waals surface area contributed by atoms with Crippen molar-refractivity contribution < 1.29 is 19.1 Å². The molecule has 0 saturated carbocycles. The van der Waals surface area contributed by atoms with E-state index in [4.69, 9.17) is 14.6 Å². The van der Waals surface area contributed by atoms with Crippen molar-refractivity contribution in [2.75, 3.05) is 39.8 Å². The van der Waals surface area contributed by atoms with E-state index in [1.807, 2.05) is 49.7 Å². The van der Waals surface area contributed by atoms with Gasteiger partial charge in [0.2, 0.25) is 0 Å². The highest BCUT2D eigenvalue weighted by atomic mass is 16.6. The number of hydrogen-bond donors (Lipinski definition) is 1. The van der Waals surface area contributed by atoms with Crippen LogP contribution in [0, 0.1) is 12.8 Å². The molecular formula is C35H47N5O4. The Labute approximate surface area is 261 Å². The average molecular weight is 602 g/mol. The zero-order chi connectivity index (χ0) is 31.3. The van der Waals surface area contributed by atoms with Crippen molar-refractivity contribution >= 4 is 12.0 Å². The van der Waals surface area contributed by atoms with Crippen LogP contribution < -0.4 is 10.1 Å². The first-order valence-corrected chi connectivity index (χ1v) is 15.9. The summed E-state index contributed by atoms with van der Waals surface area (Å²) in [6.45, 7) is 12.6. The predicted molar refractivity (Wildman–Crippen MR) is 171 cm³/mol. The van der Waals surface area contributed by atoms with E-state index in [1.165, 1.54) is 11.1 Å². The molecule has 3 heterocycles. The number of carbonyl (C=O) groups excluding carboxylic acids is 2. The number of nitrogens with zero attached hydrogens (tertiary/aromatic N) is 4. The molecule has 2 aliphatic rings. The van der Waals surface area contributed by atoms with Crippen LogP contribution in [0.4, 0.5) is 4.79 Å². The van der Waals surface area contributed by atoms with Crippen LogP contribution in [0.2, 0.25) is 0 Å². The highest BCUT2D eigenvalue weighted by Crippen LogP contribution is 2.33. The Kier molecular flexibility index (Phi) is 9.93. The SMILES string of the molecule is COc1ccc(-n2ncc(C(=O)NCC3CCN(Cc4ccc(C)cc4)CC3)c2C2CCN(C(=O)OC(C)(C)C)CC2)cc1. The summed E-state index contributed by atoms with van der Waals surface area (Å²) in [6.07, 6.45) is 4.98. The average Bonchev–Trinajstić information content (AvgIpc) is 3.46. The lowest BCUT2D eigenvalue weighted by Crippen LogP contribution is -2.42.